The van der Waals surface area contributed by atoms with Crippen LogP contribution in [0.2, 0.25) is 0 Å². The lowest BCUT2D eigenvalue weighted by Crippen LogP contribution is -2.07. The minimum atomic E-state index is -1.35. The zero-order chi connectivity index (χ0) is 14.0. The predicted molar refractivity (Wildman–Crippen MR) is 72.0 cm³/mol. The molecular formula is C13H9BrFNO3. The van der Waals surface area contributed by atoms with Crippen molar-refractivity contribution in [3.63, 3.8) is 0 Å². The van der Waals surface area contributed by atoms with E-state index in [1.54, 1.807) is 24.3 Å². The van der Waals surface area contributed by atoms with Gasteiger partial charge >= 0.3 is 5.97 Å². The lowest BCUT2D eigenvalue weighted by atomic mass is 10.1. The number of carbonyl (C=O) groups is 1. The van der Waals surface area contributed by atoms with Gasteiger partial charge in [-0.25, -0.2) is 9.18 Å². The Bertz CT molecular complexity index is 646. The molecule has 0 unspecified atom stereocenters. The van der Waals surface area contributed by atoms with E-state index in [1.165, 1.54) is 6.07 Å². The van der Waals surface area contributed by atoms with Crippen LogP contribution in [0.15, 0.2) is 40.9 Å². The van der Waals surface area contributed by atoms with Crippen molar-refractivity contribution in [3.8, 4) is 11.5 Å². The lowest BCUT2D eigenvalue weighted by molar-refractivity contribution is 0.0695. The second kappa shape index (κ2) is 5.27. The van der Waals surface area contributed by atoms with Gasteiger partial charge in [-0.05, 0) is 30.3 Å². The fourth-order valence-corrected chi connectivity index (χ4v) is 1.92. The predicted octanol–water partition coefficient (Wildman–Crippen LogP) is 3.66. The lowest BCUT2D eigenvalue weighted by Gasteiger charge is -2.11. The Morgan fingerprint density at radius 1 is 1.32 bits per heavy atom. The van der Waals surface area contributed by atoms with Gasteiger partial charge in [0, 0.05) is 4.47 Å². The van der Waals surface area contributed by atoms with Crippen LogP contribution in [-0.2, 0) is 0 Å². The van der Waals surface area contributed by atoms with E-state index in [9.17, 15) is 9.18 Å². The molecule has 0 saturated heterocycles. The van der Waals surface area contributed by atoms with Crippen molar-refractivity contribution in [2.24, 2.45) is 0 Å². The van der Waals surface area contributed by atoms with Gasteiger partial charge in [0.25, 0.3) is 0 Å². The average Bonchev–Trinajstić information content (AvgIpc) is 2.33. The molecular weight excluding hydrogens is 317 g/mol. The van der Waals surface area contributed by atoms with Crippen LogP contribution >= 0.6 is 15.9 Å². The topological polar surface area (TPSA) is 72.5 Å². The highest BCUT2D eigenvalue weighted by molar-refractivity contribution is 9.10. The maximum atomic E-state index is 13.3. The minimum Gasteiger partial charge on any atom is -0.477 e. The molecule has 0 saturated carbocycles. The summed E-state index contributed by atoms with van der Waals surface area (Å²) < 4.78 is 19.5. The van der Waals surface area contributed by atoms with Crippen molar-refractivity contribution in [2.75, 3.05) is 5.73 Å². The Kier molecular flexibility index (Phi) is 3.71. The highest BCUT2D eigenvalue weighted by Crippen LogP contribution is 2.31. The van der Waals surface area contributed by atoms with E-state index in [2.05, 4.69) is 15.9 Å². The van der Waals surface area contributed by atoms with Crippen molar-refractivity contribution in [3.05, 3.63) is 52.3 Å². The molecule has 6 heteroatoms. The van der Waals surface area contributed by atoms with Crippen LogP contribution in [0.5, 0.6) is 11.5 Å². The van der Waals surface area contributed by atoms with Crippen LogP contribution in [0, 0.1) is 5.82 Å². The Labute approximate surface area is 116 Å². The van der Waals surface area contributed by atoms with E-state index >= 15 is 0 Å². The first-order chi connectivity index (χ1) is 8.99. The fourth-order valence-electron chi connectivity index (χ4n) is 1.54. The molecule has 0 aliphatic rings. The Balaban J connectivity index is 2.46. The highest BCUT2D eigenvalue weighted by Gasteiger charge is 2.19. The second-order valence-electron chi connectivity index (χ2n) is 3.70. The molecule has 0 spiro atoms. The SMILES string of the molecule is Nc1c(F)ccc(Oc2cccc(Br)c2)c1C(=O)O. The Morgan fingerprint density at radius 2 is 2.05 bits per heavy atom. The van der Waals surface area contributed by atoms with Crippen LogP contribution in [0.4, 0.5) is 10.1 Å². The normalized spacial score (nSPS) is 10.2. The summed E-state index contributed by atoms with van der Waals surface area (Å²) in [6.45, 7) is 0. The molecule has 98 valence electrons. The number of carboxylic acids is 1. The van der Waals surface area contributed by atoms with Crippen LogP contribution in [0.1, 0.15) is 10.4 Å². The molecule has 4 nitrogen and oxygen atoms in total. The number of aromatic carboxylic acids is 1. The number of anilines is 1. The number of nitrogen functional groups attached to an aromatic ring is 1. The first-order valence-corrected chi connectivity index (χ1v) is 6.03. The zero-order valence-electron chi connectivity index (χ0n) is 9.56. The summed E-state index contributed by atoms with van der Waals surface area (Å²) >= 11 is 3.27. The summed E-state index contributed by atoms with van der Waals surface area (Å²) in [5, 5.41) is 9.07. The molecule has 19 heavy (non-hydrogen) atoms. The van der Waals surface area contributed by atoms with E-state index in [1.807, 2.05) is 0 Å². The molecule has 2 aromatic rings. The van der Waals surface area contributed by atoms with Gasteiger partial charge in [0.15, 0.2) is 0 Å². The van der Waals surface area contributed by atoms with Crippen LogP contribution < -0.4 is 10.5 Å². The fraction of sp³-hybridized carbons (Fsp3) is 0. The summed E-state index contributed by atoms with van der Waals surface area (Å²) in [4.78, 5) is 11.1. The molecule has 0 fully saturated rings. The Hall–Kier alpha value is -2.08. The molecule has 2 aromatic carbocycles. The molecule has 0 aromatic heterocycles. The van der Waals surface area contributed by atoms with Crippen molar-refractivity contribution in [1.82, 2.24) is 0 Å². The van der Waals surface area contributed by atoms with Crippen LogP contribution in [0.3, 0.4) is 0 Å². The number of hydrogen-bond acceptors (Lipinski definition) is 3. The highest BCUT2D eigenvalue weighted by atomic mass is 79.9. The van der Waals surface area contributed by atoms with Gasteiger partial charge in [-0.15, -0.1) is 0 Å². The van der Waals surface area contributed by atoms with Gasteiger partial charge in [-0.1, -0.05) is 22.0 Å². The molecule has 0 bridgehead atoms. The van der Waals surface area contributed by atoms with Crippen LogP contribution in [0.25, 0.3) is 0 Å². The quantitative estimate of drug-likeness (QED) is 0.844. The largest absolute Gasteiger partial charge is 0.477 e. The number of hydrogen-bond donors (Lipinski definition) is 2. The van der Waals surface area contributed by atoms with Crippen molar-refractivity contribution >= 4 is 27.6 Å². The van der Waals surface area contributed by atoms with Gasteiger partial charge in [-0.3, -0.25) is 0 Å². The smallest absolute Gasteiger partial charge is 0.341 e. The summed E-state index contributed by atoms with van der Waals surface area (Å²) in [5.74, 6) is -1.73. The molecule has 3 N–H and O–H groups in total. The summed E-state index contributed by atoms with van der Waals surface area (Å²) in [6, 6.07) is 9.13. The van der Waals surface area contributed by atoms with Gasteiger partial charge in [0.2, 0.25) is 0 Å². The van der Waals surface area contributed by atoms with Crippen molar-refractivity contribution in [1.29, 1.82) is 0 Å². The molecule has 0 atom stereocenters. The van der Waals surface area contributed by atoms with E-state index in [4.69, 9.17) is 15.6 Å². The Morgan fingerprint density at radius 3 is 2.68 bits per heavy atom. The number of carboxylic acid groups (broad SMARTS) is 1. The summed E-state index contributed by atoms with van der Waals surface area (Å²) in [7, 11) is 0. The third kappa shape index (κ3) is 2.85. The van der Waals surface area contributed by atoms with Gasteiger partial charge in [0.1, 0.15) is 22.9 Å². The molecule has 0 amide bonds. The first-order valence-electron chi connectivity index (χ1n) is 5.23. The van der Waals surface area contributed by atoms with E-state index < -0.39 is 17.5 Å². The van der Waals surface area contributed by atoms with Crippen molar-refractivity contribution < 1.29 is 19.0 Å². The number of nitrogens with two attached hydrogens (primary N) is 1. The average molecular weight is 326 g/mol. The maximum absolute atomic E-state index is 13.3. The first kappa shape index (κ1) is 13.4. The van der Waals surface area contributed by atoms with Gasteiger partial charge in [0.05, 0.1) is 5.69 Å². The molecule has 2 rings (SSSR count). The second-order valence-corrected chi connectivity index (χ2v) is 4.61. The van der Waals surface area contributed by atoms with Gasteiger partial charge in [-0.2, -0.15) is 0 Å². The number of ether oxygens (including phenoxy) is 1. The third-order valence-electron chi connectivity index (χ3n) is 2.39. The van der Waals surface area contributed by atoms with Gasteiger partial charge < -0.3 is 15.6 Å². The summed E-state index contributed by atoms with van der Waals surface area (Å²) in [6.07, 6.45) is 0. The molecule has 0 radical (unpaired) electrons. The molecule has 0 aliphatic heterocycles. The van der Waals surface area contributed by atoms with Crippen molar-refractivity contribution in [2.45, 2.75) is 0 Å². The zero-order valence-corrected chi connectivity index (χ0v) is 11.1. The van der Waals surface area contributed by atoms with E-state index in [0.717, 1.165) is 10.5 Å². The third-order valence-corrected chi connectivity index (χ3v) is 2.89. The monoisotopic (exact) mass is 325 g/mol. The standard InChI is InChI=1S/C13H9BrFNO3/c14-7-2-1-3-8(6-7)19-10-5-4-9(15)12(16)11(10)13(17)18/h1-6H,16H2,(H,17,18). The molecule has 0 aliphatic carbocycles. The maximum Gasteiger partial charge on any atom is 0.341 e. The minimum absolute atomic E-state index is 0.00972. The van der Waals surface area contributed by atoms with E-state index in [0.29, 0.717) is 5.75 Å². The number of rotatable bonds is 3. The number of benzene rings is 2. The van der Waals surface area contributed by atoms with E-state index in [-0.39, 0.29) is 11.3 Å². The number of halogens is 2. The molecule has 0 heterocycles. The van der Waals surface area contributed by atoms with Crippen LogP contribution in [-0.4, -0.2) is 11.1 Å². The summed E-state index contributed by atoms with van der Waals surface area (Å²) in [5.41, 5.74) is 4.59.